The van der Waals surface area contributed by atoms with E-state index in [1.165, 1.54) is 12.1 Å². The van der Waals surface area contributed by atoms with E-state index in [0.29, 0.717) is 26.4 Å². The molecule has 0 radical (unpaired) electrons. The number of esters is 1. The van der Waals surface area contributed by atoms with Crippen molar-refractivity contribution in [1.82, 2.24) is 5.43 Å². The molecule has 8 heteroatoms. The fraction of sp³-hybridized carbons (Fsp3) is 0.125. The molecule has 2 aromatic rings. The smallest absolute Gasteiger partial charge is 0.375 e. The fourth-order valence-corrected chi connectivity index (χ4v) is 2.65. The summed E-state index contributed by atoms with van der Waals surface area (Å²) in [5, 5.41) is 0.991. The number of hydrazine groups is 1. The summed E-state index contributed by atoms with van der Waals surface area (Å²) in [6.45, 7) is 1.93. The number of amidine groups is 1. The van der Waals surface area contributed by atoms with Gasteiger partial charge in [-0.15, -0.1) is 0 Å². The summed E-state index contributed by atoms with van der Waals surface area (Å²) < 4.78 is 4.98. The standard InChI is InChI=1S/C16H14Cl3N3O2/c1-2-24-16(23)15(20-11-6-4-3-5-7-11)22-21-14-12(18)8-10(17)9-13(14)19/h3-9,21H,2H2,1H3,(H,20,22). The maximum Gasteiger partial charge on any atom is 0.375 e. The van der Waals surface area contributed by atoms with Gasteiger partial charge in [-0.3, -0.25) is 10.9 Å². The Morgan fingerprint density at radius 2 is 1.75 bits per heavy atom. The zero-order valence-corrected chi connectivity index (χ0v) is 14.9. The molecule has 0 heterocycles. The number of anilines is 1. The molecule has 0 bridgehead atoms. The number of aliphatic imine (C=N–C) groups is 1. The lowest BCUT2D eigenvalue weighted by Gasteiger charge is -2.14. The van der Waals surface area contributed by atoms with Crippen molar-refractivity contribution in [3.63, 3.8) is 0 Å². The average Bonchev–Trinajstić information content (AvgIpc) is 2.54. The Bertz CT molecular complexity index is 728. The third-order valence-corrected chi connectivity index (χ3v) is 3.59. The molecule has 0 saturated carbocycles. The van der Waals surface area contributed by atoms with Crippen LogP contribution in [0.4, 0.5) is 11.4 Å². The summed E-state index contributed by atoms with van der Waals surface area (Å²) in [6, 6.07) is 12.0. The highest BCUT2D eigenvalue weighted by molar-refractivity contribution is 6.42. The van der Waals surface area contributed by atoms with E-state index in [4.69, 9.17) is 39.5 Å². The van der Waals surface area contributed by atoms with Crippen molar-refractivity contribution in [1.29, 1.82) is 0 Å². The molecule has 5 nitrogen and oxygen atoms in total. The Hall–Kier alpha value is -1.95. The highest BCUT2D eigenvalue weighted by atomic mass is 35.5. The molecule has 0 aliphatic carbocycles. The minimum Gasteiger partial charge on any atom is -0.460 e. The molecule has 0 spiro atoms. The molecule has 0 saturated heterocycles. The largest absolute Gasteiger partial charge is 0.460 e. The SMILES string of the molecule is CCOC(=O)C(=Nc1ccccc1)NNc1c(Cl)cc(Cl)cc1Cl. The van der Waals surface area contributed by atoms with Crippen LogP contribution in [0.25, 0.3) is 0 Å². The minimum absolute atomic E-state index is 0.0369. The number of hydrogen-bond donors (Lipinski definition) is 2. The van der Waals surface area contributed by atoms with E-state index < -0.39 is 5.97 Å². The molecule has 0 atom stereocenters. The van der Waals surface area contributed by atoms with E-state index >= 15 is 0 Å². The normalized spacial score (nSPS) is 11.1. The number of nitrogens with one attached hydrogen (secondary N) is 2. The van der Waals surface area contributed by atoms with E-state index in [1.54, 1.807) is 19.1 Å². The number of benzene rings is 2. The first kappa shape index (κ1) is 18.4. The minimum atomic E-state index is -0.616. The van der Waals surface area contributed by atoms with Gasteiger partial charge in [0.05, 0.1) is 28.0 Å². The molecule has 0 aliphatic rings. The van der Waals surface area contributed by atoms with Crippen LogP contribution < -0.4 is 10.9 Å². The van der Waals surface area contributed by atoms with Crippen LogP contribution in [-0.2, 0) is 9.53 Å². The lowest BCUT2D eigenvalue weighted by molar-refractivity contribution is -0.135. The second kappa shape index (κ2) is 8.78. The number of carbonyl (C=O) groups is 1. The Morgan fingerprint density at radius 3 is 2.33 bits per heavy atom. The molecular weight excluding hydrogens is 373 g/mol. The van der Waals surface area contributed by atoms with Crippen LogP contribution >= 0.6 is 34.8 Å². The number of rotatable bonds is 4. The Morgan fingerprint density at radius 1 is 1.12 bits per heavy atom. The maximum atomic E-state index is 12.1. The van der Waals surface area contributed by atoms with Gasteiger partial charge in [0.15, 0.2) is 0 Å². The van der Waals surface area contributed by atoms with Gasteiger partial charge in [0.25, 0.3) is 0 Å². The molecular formula is C16H14Cl3N3O2. The van der Waals surface area contributed by atoms with Crippen molar-refractivity contribution >= 4 is 58.0 Å². The number of ether oxygens (including phenoxy) is 1. The first-order chi connectivity index (χ1) is 11.5. The predicted octanol–water partition coefficient (Wildman–Crippen LogP) is 4.86. The average molecular weight is 387 g/mol. The van der Waals surface area contributed by atoms with Gasteiger partial charge < -0.3 is 4.74 Å². The fourth-order valence-electron chi connectivity index (χ4n) is 1.74. The first-order valence-corrected chi connectivity index (χ1v) is 8.12. The molecule has 0 aliphatic heterocycles. The topological polar surface area (TPSA) is 62.7 Å². The lowest BCUT2D eigenvalue weighted by atomic mass is 10.3. The zero-order valence-electron chi connectivity index (χ0n) is 12.6. The van der Waals surface area contributed by atoms with Gasteiger partial charge in [-0.1, -0.05) is 53.0 Å². The van der Waals surface area contributed by atoms with Crippen LogP contribution in [-0.4, -0.2) is 18.4 Å². The van der Waals surface area contributed by atoms with Gasteiger partial charge in [-0.2, -0.15) is 0 Å². The van der Waals surface area contributed by atoms with Gasteiger partial charge in [0.1, 0.15) is 0 Å². The van der Waals surface area contributed by atoms with Crippen molar-refractivity contribution in [3.05, 3.63) is 57.5 Å². The summed E-state index contributed by atoms with van der Waals surface area (Å²) in [7, 11) is 0. The number of carbonyl (C=O) groups excluding carboxylic acids is 1. The van der Waals surface area contributed by atoms with E-state index in [1.807, 2.05) is 18.2 Å². The molecule has 126 valence electrons. The molecule has 0 unspecified atom stereocenters. The van der Waals surface area contributed by atoms with Crippen molar-refractivity contribution in [3.8, 4) is 0 Å². The Balaban J connectivity index is 2.23. The van der Waals surface area contributed by atoms with Crippen molar-refractivity contribution in [2.45, 2.75) is 6.92 Å². The van der Waals surface area contributed by atoms with Crippen LogP contribution in [0.5, 0.6) is 0 Å². The van der Waals surface area contributed by atoms with Crippen LogP contribution in [0.15, 0.2) is 47.5 Å². The van der Waals surface area contributed by atoms with Crippen LogP contribution in [0.2, 0.25) is 15.1 Å². The quantitative estimate of drug-likeness (QED) is 0.341. The summed E-state index contributed by atoms with van der Waals surface area (Å²) in [5.74, 6) is -0.653. The molecule has 0 aromatic heterocycles. The van der Waals surface area contributed by atoms with Gasteiger partial charge in [-0.25, -0.2) is 9.79 Å². The van der Waals surface area contributed by atoms with E-state index in [0.717, 1.165) is 0 Å². The third kappa shape index (κ3) is 5.03. The highest BCUT2D eigenvalue weighted by Gasteiger charge is 2.15. The van der Waals surface area contributed by atoms with Gasteiger partial charge >= 0.3 is 5.97 Å². The van der Waals surface area contributed by atoms with E-state index in [9.17, 15) is 4.79 Å². The predicted molar refractivity (Wildman–Crippen MR) is 98.4 cm³/mol. The Kier molecular flexibility index (Phi) is 6.73. The number of nitrogens with zero attached hydrogens (tertiary/aromatic N) is 1. The van der Waals surface area contributed by atoms with Crippen LogP contribution in [0.3, 0.4) is 0 Å². The molecule has 2 N–H and O–H groups in total. The lowest BCUT2D eigenvalue weighted by Crippen LogP contribution is -2.37. The summed E-state index contributed by atoms with van der Waals surface area (Å²) in [6.07, 6.45) is 0. The summed E-state index contributed by atoms with van der Waals surface area (Å²) in [5.41, 5.74) is 6.40. The summed E-state index contributed by atoms with van der Waals surface area (Å²) in [4.78, 5) is 16.3. The first-order valence-electron chi connectivity index (χ1n) is 6.98. The number of hydrogen-bond acceptors (Lipinski definition) is 4. The van der Waals surface area contributed by atoms with E-state index in [2.05, 4.69) is 15.8 Å². The molecule has 0 amide bonds. The van der Waals surface area contributed by atoms with Gasteiger partial charge in [-0.05, 0) is 31.2 Å². The number of para-hydroxylation sites is 1. The molecule has 24 heavy (non-hydrogen) atoms. The van der Waals surface area contributed by atoms with E-state index in [-0.39, 0.29) is 12.4 Å². The third-order valence-electron chi connectivity index (χ3n) is 2.78. The van der Waals surface area contributed by atoms with Gasteiger partial charge in [0, 0.05) is 5.02 Å². The molecule has 2 rings (SSSR count). The maximum absolute atomic E-state index is 12.1. The van der Waals surface area contributed by atoms with Crippen molar-refractivity contribution in [2.24, 2.45) is 4.99 Å². The van der Waals surface area contributed by atoms with Crippen LogP contribution in [0, 0.1) is 0 Å². The molecule has 0 fully saturated rings. The van der Waals surface area contributed by atoms with Gasteiger partial charge in [0.2, 0.25) is 5.84 Å². The monoisotopic (exact) mass is 385 g/mol. The molecule has 2 aromatic carbocycles. The second-order valence-electron chi connectivity index (χ2n) is 4.51. The zero-order chi connectivity index (χ0) is 17.5. The van der Waals surface area contributed by atoms with Crippen molar-refractivity contribution in [2.75, 3.05) is 12.0 Å². The highest BCUT2D eigenvalue weighted by Crippen LogP contribution is 2.33. The van der Waals surface area contributed by atoms with Crippen LogP contribution in [0.1, 0.15) is 6.92 Å². The second-order valence-corrected chi connectivity index (χ2v) is 5.76. The number of halogens is 3. The Labute approximate surface area is 154 Å². The summed E-state index contributed by atoms with van der Waals surface area (Å²) >= 11 is 18.1. The van der Waals surface area contributed by atoms with Crippen molar-refractivity contribution < 1.29 is 9.53 Å².